The van der Waals surface area contributed by atoms with E-state index in [-0.39, 0.29) is 10.3 Å². The van der Waals surface area contributed by atoms with Crippen LogP contribution in [0.3, 0.4) is 0 Å². The average Bonchev–Trinajstić information content (AvgIpc) is 3.03. The van der Waals surface area contributed by atoms with E-state index in [0.29, 0.717) is 24.0 Å². The van der Waals surface area contributed by atoms with Gasteiger partial charge in [0.2, 0.25) is 0 Å². The van der Waals surface area contributed by atoms with Gasteiger partial charge in [-0.1, -0.05) is 50.4 Å². The summed E-state index contributed by atoms with van der Waals surface area (Å²) >= 11 is 12.1. The van der Waals surface area contributed by atoms with Gasteiger partial charge in [-0.15, -0.1) is 0 Å². The Morgan fingerprint density at radius 3 is 2.55 bits per heavy atom. The van der Waals surface area contributed by atoms with E-state index in [1.807, 2.05) is 23.7 Å². The van der Waals surface area contributed by atoms with E-state index in [1.54, 1.807) is 12.1 Å². The highest BCUT2D eigenvalue weighted by Gasteiger charge is 2.19. The molecule has 3 rings (SSSR count). The molecule has 10 heteroatoms. The molecule has 0 spiro atoms. The van der Waals surface area contributed by atoms with Gasteiger partial charge in [-0.25, -0.2) is 9.97 Å². The average molecular weight is 487 g/mol. The SMILES string of the molecule is CCCCN(N/C(=C/C#N)Nc1cc(Cl)nc(Cl)c1)c1cc(C(C)C)c2c(C)nn(C)c2n1. The van der Waals surface area contributed by atoms with Gasteiger partial charge in [-0.2, -0.15) is 10.4 Å². The third-order valence-corrected chi connectivity index (χ3v) is 5.51. The highest BCUT2D eigenvalue weighted by atomic mass is 35.5. The third kappa shape index (κ3) is 5.86. The van der Waals surface area contributed by atoms with Gasteiger partial charge in [0.15, 0.2) is 5.65 Å². The minimum absolute atomic E-state index is 0.254. The lowest BCUT2D eigenvalue weighted by Gasteiger charge is -2.28. The molecule has 0 atom stereocenters. The number of hydrazine groups is 1. The molecule has 0 radical (unpaired) electrons. The lowest BCUT2D eigenvalue weighted by Crippen LogP contribution is -2.41. The molecule has 0 fully saturated rings. The predicted molar refractivity (Wildman–Crippen MR) is 134 cm³/mol. The van der Waals surface area contributed by atoms with Crippen LogP contribution in [-0.2, 0) is 7.05 Å². The van der Waals surface area contributed by atoms with Gasteiger partial charge in [0.25, 0.3) is 0 Å². The summed E-state index contributed by atoms with van der Waals surface area (Å²) in [5.74, 6) is 1.50. The molecule has 3 aromatic rings. The number of anilines is 2. The first-order valence-electron chi connectivity index (χ1n) is 10.8. The van der Waals surface area contributed by atoms with Crippen molar-refractivity contribution in [3.63, 3.8) is 0 Å². The molecule has 0 aromatic carbocycles. The van der Waals surface area contributed by atoms with E-state index in [2.05, 4.69) is 53.7 Å². The van der Waals surface area contributed by atoms with Crippen LogP contribution in [0.15, 0.2) is 30.1 Å². The molecular formula is C23H28Cl2N8. The largest absolute Gasteiger partial charge is 0.340 e. The lowest BCUT2D eigenvalue weighted by molar-refractivity contribution is 0.650. The van der Waals surface area contributed by atoms with Crippen LogP contribution in [0.25, 0.3) is 11.0 Å². The van der Waals surface area contributed by atoms with Crippen LogP contribution in [0.2, 0.25) is 10.3 Å². The minimum atomic E-state index is 0.254. The first-order chi connectivity index (χ1) is 15.7. The van der Waals surface area contributed by atoms with Crippen LogP contribution in [0.1, 0.15) is 50.8 Å². The number of aryl methyl sites for hydroxylation is 2. The molecule has 0 aliphatic heterocycles. The zero-order chi connectivity index (χ0) is 24.1. The zero-order valence-electron chi connectivity index (χ0n) is 19.4. The van der Waals surface area contributed by atoms with Gasteiger partial charge in [-0.3, -0.25) is 15.1 Å². The second-order valence-electron chi connectivity index (χ2n) is 8.06. The number of halogens is 2. The topological polar surface area (TPSA) is 94.7 Å². The van der Waals surface area contributed by atoms with Gasteiger partial charge in [0, 0.05) is 24.7 Å². The van der Waals surface area contributed by atoms with E-state index in [4.69, 9.17) is 28.2 Å². The number of allylic oxidation sites excluding steroid dienone is 1. The maximum absolute atomic E-state index is 9.36. The van der Waals surface area contributed by atoms with E-state index in [1.165, 1.54) is 11.6 Å². The van der Waals surface area contributed by atoms with Gasteiger partial charge in [0.1, 0.15) is 21.9 Å². The van der Waals surface area contributed by atoms with Gasteiger partial charge in [-0.05, 0) is 43.0 Å². The standard InChI is InChI=1S/C23H28Cl2N8/c1-6-7-10-33(31-20(8-9-26)27-16-11-18(24)28-19(25)12-16)21-13-17(14(2)3)22-15(4)30-32(5)23(22)29-21/h8,11-14,31H,6-7,10H2,1-5H3,(H,27,28)/b20-8+. The molecule has 0 unspecified atom stereocenters. The van der Waals surface area contributed by atoms with E-state index >= 15 is 0 Å². The molecule has 0 aliphatic rings. The molecule has 0 saturated carbocycles. The maximum Gasteiger partial charge on any atom is 0.160 e. The molecule has 8 nitrogen and oxygen atoms in total. The number of hydrogen-bond donors (Lipinski definition) is 2. The first kappa shape index (κ1) is 24.6. The maximum atomic E-state index is 9.36. The highest BCUT2D eigenvalue weighted by Crippen LogP contribution is 2.30. The monoisotopic (exact) mass is 486 g/mol. The summed E-state index contributed by atoms with van der Waals surface area (Å²) in [6.07, 6.45) is 3.32. The summed E-state index contributed by atoms with van der Waals surface area (Å²) < 4.78 is 1.81. The van der Waals surface area contributed by atoms with E-state index < -0.39 is 0 Å². The van der Waals surface area contributed by atoms with Crippen molar-refractivity contribution in [1.82, 2.24) is 25.2 Å². The Bertz CT molecular complexity index is 1190. The van der Waals surface area contributed by atoms with Crippen LogP contribution >= 0.6 is 23.2 Å². The van der Waals surface area contributed by atoms with Crippen LogP contribution in [0.5, 0.6) is 0 Å². The number of nitriles is 1. The summed E-state index contributed by atoms with van der Waals surface area (Å²) in [5, 5.41) is 20.6. The molecule has 3 aromatic heterocycles. The normalized spacial score (nSPS) is 11.7. The second kappa shape index (κ2) is 10.7. The van der Waals surface area contributed by atoms with Crippen LogP contribution in [-0.4, -0.2) is 26.3 Å². The summed E-state index contributed by atoms with van der Waals surface area (Å²) in [4.78, 5) is 8.87. The van der Waals surface area contributed by atoms with Gasteiger partial charge >= 0.3 is 0 Å². The Hall–Kier alpha value is -3.02. The minimum Gasteiger partial charge on any atom is -0.340 e. The van der Waals surface area contributed by atoms with Crippen molar-refractivity contribution < 1.29 is 0 Å². The molecule has 0 aliphatic carbocycles. The summed E-state index contributed by atoms with van der Waals surface area (Å²) in [6.45, 7) is 9.14. The summed E-state index contributed by atoms with van der Waals surface area (Å²) in [6, 6.07) is 7.43. The fourth-order valence-electron chi connectivity index (χ4n) is 3.60. The van der Waals surface area contributed by atoms with Crippen molar-refractivity contribution in [1.29, 1.82) is 5.26 Å². The molecule has 2 N–H and O–H groups in total. The van der Waals surface area contributed by atoms with E-state index in [9.17, 15) is 5.26 Å². The number of rotatable bonds is 9. The second-order valence-corrected chi connectivity index (χ2v) is 8.84. The summed E-state index contributed by atoms with van der Waals surface area (Å²) in [7, 11) is 1.90. The lowest BCUT2D eigenvalue weighted by atomic mass is 9.99. The fraction of sp³-hybridized carbons (Fsp3) is 0.391. The van der Waals surface area contributed by atoms with Crippen molar-refractivity contribution in [2.75, 3.05) is 16.9 Å². The van der Waals surface area contributed by atoms with Crippen LogP contribution in [0, 0.1) is 18.3 Å². The first-order valence-corrected chi connectivity index (χ1v) is 11.6. The number of nitrogens with zero attached hydrogens (tertiary/aromatic N) is 6. The molecule has 33 heavy (non-hydrogen) atoms. The number of hydrogen-bond acceptors (Lipinski definition) is 7. The Morgan fingerprint density at radius 2 is 1.94 bits per heavy atom. The zero-order valence-corrected chi connectivity index (χ0v) is 21.0. The Balaban J connectivity index is 2.02. The van der Waals surface area contributed by atoms with Gasteiger partial charge in [0.05, 0.1) is 17.8 Å². The summed E-state index contributed by atoms with van der Waals surface area (Å²) in [5.41, 5.74) is 6.88. The van der Waals surface area contributed by atoms with E-state index in [0.717, 1.165) is 35.4 Å². The number of pyridine rings is 2. The van der Waals surface area contributed by atoms with Crippen molar-refractivity contribution in [3.05, 3.63) is 51.7 Å². The van der Waals surface area contributed by atoms with Crippen molar-refractivity contribution in [3.8, 4) is 6.07 Å². The molecule has 0 saturated heterocycles. The number of unbranched alkanes of at least 4 members (excludes halogenated alkanes) is 1. The molecule has 3 heterocycles. The van der Waals surface area contributed by atoms with Crippen LogP contribution < -0.4 is 15.8 Å². The van der Waals surface area contributed by atoms with Crippen molar-refractivity contribution in [2.45, 2.75) is 46.5 Å². The number of fused-ring (bicyclic) bond motifs is 1. The quantitative estimate of drug-likeness (QED) is 0.227. The highest BCUT2D eigenvalue weighted by molar-refractivity contribution is 6.32. The predicted octanol–water partition coefficient (Wildman–Crippen LogP) is 5.69. The molecule has 0 bridgehead atoms. The molecule has 174 valence electrons. The molecule has 0 amide bonds. The Kier molecular flexibility index (Phi) is 8.01. The number of aromatic nitrogens is 4. The Labute approximate surface area is 204 Å². The molecular weight excluding hydrogens is 459 g/mol. The van der Waals surface area contributed by atoms with Gasteiger partial charge < -0.3 is 5.32 Å². The smallest absolute Gasteiger partial charge is 0.160 e. The van der Waals surface area contributed by atoms with Crippen LogP contribution in [0.4, 0.5) is 11.5 Å². The van der Waals surface area contributed by atoms with Crippen molar-refractivity contribution in [2.24, 2.45) is 7.05 Å². The number of nitrogens with one attached hydrogen (secondary N) is 2. The Morgan fingerprint density at radius 1 is 1.24 bits per heavy atom. The fourth-order valence-corrected chi connectivity index (χ4v) is 4.06. The van der Waals surface area contributed by atoms with Crippen molar-refractivity contribution >= 4 is 45.7 Å². The third-order valence-electron chi connectivity index (χ3n) is 5.13.